The number of hydrogen-bond donors (Lipinski definition) is 1. The molecule has 2 aromatic rings. The standard InChI is InChI=1S/C14H15NO2/c1-10(16)13-7-8-14(17-13)12-5-3-11(4-6-12)9-15-2/h3-8,15H,9H2,1-2H3. The Bertz CT molecular complexity index is 511. The molecular weight excluding hydrogens is 214 g/mol. The summed E-state index contributed by atoms with van der Waals surface area (Å²) in [7, 11) is 1.92. The van der Waals surface area contributed by atoms with Crippen molar-refractivity contribution in [1.29, 1.82) is 0 Å². The number of Topliss-reactive ketones (excluding diaryl/α,β-unsaturated/α-hetero) is 1. The van der Waals surface area contributed by atoms with E-state index in [0.29, 0.717) is 5.76 Å². The van der Waals surface area contributed by atoms with Gasteiger partial charge in [-0.1, -0.05) is 24.3 Å². The van der Waals surface area contributed by atoms with Crippen molar-refractivity contribution in [3.8, 4) is 11.3 Å². The molecule has 0 aliphatic carbocycles. The van der Waals surface area contributed by atoms with Crippen LogP contribution in [0.4, 0.5) is 0 Å². The van der Waals surface area contributed by atoms with Crippen LogP contribution in [0.5, 0.6) is 0 Å². The summed E-state index contributed by atoms with van der Waals surface area (Å²) in [5.74, 6) is 1.08. The van der Waals surface area contributed by atoms with Crippen molar-refractivity contribution in [2.24, 2.45) is 0 Å². The summed E-state index contributed by atoms with van der Waals surface area (Å²) < 4.78 is 5.47. The van der Waals surface area contributed by atoms with Gasteiger partial charge in [0.15, 0.2) is 11.5 Å². The van der Waals surface area contributed by atoms with Crippen LogP contribution in [0, 0.1) is 0 Å². The van der Waals surface area contributed by atoms with Crippen LogP contribution < -0.4 is 5.32 Å². The number of furan rings is 1. The van der Waals surface area contributed by atoms with E-state index in [1.54, 1.807) is 6.07 Å². The largest absolute Gasteiger partial charge is 0.453 e. The highest BCUT2D eigenvalue weighted by Gasteiger charge is 2.07. The molecule has 2 rings (SSSR count). The van der Waals surface area contributed by atoms with Gasteiger partial charge >= 0.3 is 0 Å². The Balaban J connectivity index is 2.23. The number of carbonyl (C=O) groups is 1. The minimum atomic E-state index is -0.0527. The first-order valence-electron chi connectivity index (χ1n) is 5.55. The van der Waals surface area contributed by atoms with Gasteiger partial charge in [-0.15, -0.1) is 0 Å². The molecule has 1 heterocycles. The number of ketones is 1. The summed E-state index contributed by atoms with van der Waals surface area (Å²) in [5, 5.41) is 3.09. The van der Waals surface area contributed by atoms with E-state index in [4.69, 9.17) is 4.42 Å². The Morgan fingerprint density at radius 1 is 1.18 bits per heavy atom. The lowest BCUT2D eigenvalue weighted by atomic mass is 10.1. The second kappa shape index (κ2) is 4.97. The second-order valence-electron chi connectivity index (χ2n) is 3.95. The van der Waals surface area contributed by atoms with Crippen molar-refractivity contribution in [3.63, 3.8) is 0 Å². The van der Waals surface area contributed by atoms with Crippen LogP contribution in [0.15, 0.2) is 40.8 Å². The maximum Gasteiger partial charge on any atom is 0.194 e. The van der Waals surface area contributed by atoms with Gasteiger partial charge in [-0.2, -0.15) is 0 Å². The van der Waals surface area contributed by atoms with Crippen LogP contribution in [0.25, 0.3) is 11.3 Å². The molecule has 3 heteroatoms. The minimum absolute atomic E-state index is 0.0527. The van der Waals surface area contributed by atoms with Crippen LogP contribution in [-0.4, -0.2) is 12.8 Å². The zero-order valence-corrected chi connectivity index (χ0v) is 9.99. The first kappa shape index (κ1) is 11.6. The van der Waals surface area contributed by atoms with E-state index in [1.807, 2.05) is 37.4 Å². The fraction of sp³-hybridized carbons (Fsp3) is 0.214. The molecule has 1 N–H and O–H groups in total. The van der Waals surface area contributed by atoms with E-state index in [-0.39, 0.29) is 5.78 Å². The van der Waals surface area contributed by atoms with Crippen LogP contribution in [0.2, 0.25) is 0 Å². The summed E-state index contributed by atoms with van der Waals surface area (Å²) in [6.45, 7) is 2.34. The van der Waals surface area contributed by atoms with Crippen LogP contribution in [0.3, 0.4) is 0 Å². The SMILES string of the molecule is CNCc1ccc(-c2ccc(C(C)=O)o2)cc1. The minimum Gasteiger partial charge on any atom is -0.453 e. The first-order chi connectivity index (χ1) is 8.20. The predicted molar refractivity (Wildman–Crippen MR) is 66.9 cm³/mol. The molecule has 0 atom stereocenters. The van der Waals surface area contributed by atoms with E-state index < -0.39 is 0 Å². The van der Waals surface area contributed by atoms with Crippen LogP contribution in [0.1, 0.15) is 23.0 Å². The Morgan fingerprint density at radius 2 is 1.88 bits per heavy atom. The van der Waals surface area contributed by atoms with Crippen LogP contribution in [-0.2, 0) is 6.54 Å². The number of nitrogens with one attached hydrogen (secondary N) is 1. The molecule has 0 bridgehead atoms. The van der Waals surface area contributed by atoms with E-state index in [1.165, 1.54) is 12.5 Å². The molecule has 1 aromatic carbocycles. The number of rotatable bonds is 4. The second-order valence-corrected chi connectivity index (χ2v) is 3.95. The molecule has 0 unspecified atom stereocenters. The quantitative estimate of drug-likeness (QED) is 0.820. The average Bonchev–Trinajstić information content (AvgIpc) is 2.80. The van der Waals surface area contributed by atoms with Gasteiger partial charge in [-0.25, -0.2) is 0 Å². The predicted octanol–water partition coefficient (Wildman–Crippen LogP) is 2.87. The monoisotopic (exact) mass is 229 g/mol. The maximum absolute atomic E-state index is 11.1. The maximum atomic E-state index is 11.1. The van der Waals surface area contributed by atoms with Crippen molar-refractivity contribution < 1.29 is 9.21 Å². The Morgan fingerprint density at radius 3 is 2.41 bits per heavy atom. The summed E-state index contributed by atoms with van der Waals surface area (Å²) in [6, 6.07) is 11.6. The Labute approximate surface area is 100 Å². The zero-order valence-electron chi connectivity index (χ0n) is 9.99. The molecular formula is C14H15NO2. The van der Waals surface area contributed by atoms with Gasteiger partial charge in [-0.05, 0) is 24.7 Å². The molecule has 3 nitrogen and oxygen atoms in total. The molecule has 0 saturated carbocycles. The zero-order chi connectivity index (χ0) is 12.3. The number of hydrogen-bond acceptors (Lipinski definition) is 3. The third kappa shape index (κ3) is 2.63. The van der Waals surface area contributed by atoms with Gasteiger partial charge in [0.1, 0.15) is 5.76 Å². The highest BCUT2D eigenvalue weighted by Crippen LogP contribution is 2.22. The van der Waals surface area contributed by atoms with Gasteiger partial charge < -0.3 is 9.73 Å². The van der Waals surface area contributed by atoms with Gasteiger partial charge in [0.05, 0.1) is 0 Å². The van der Waals surface area contributed by atoms with E-state index in [9.17, 15) is 4.79 Å². The molecule has 0 fully saturated rings. The lowest BCUT2D eigenvalue weighted by molar-refractivity contribution is 0.0988. The van der Waals surface area contributed by atoms with Crippen molar-refractivity contribution in [2.75, 3.05) is 7.05 Å². The van der Waals surface area contributed by atoms with Gasteiger partial charge in [0.2, 0.25) is 0 Å². The fourth-order valence-corrected chi connectivity index (χ4v) is 1.67. The molecule has 0 spiro atoms. The summed E-state index contributed by atoms with van der Waals surface area (Å²) in [6.07, 6.45) is 0. The molecule has 1 aromatic heterocycles. The average molecular weight is 229 g/mol. The first-order valence-corrected chi connectivity index (χ1v) is 5.55. The summed E-state index contributed by atoms with van der Waals surface area (Å²) in [4.78, 5) is 11.1. The summed E-state index contributed by atoms with van der Waals surface area (Å²) in [5.41, 5.74) is 2.20. The lowest BCUT2D eigenvalue weighted by Crippen LogP contribution is -2.04. The topological polar surface area (TPSA) is 42.2 Å². The third-order valence-corrected chi connectivity index (χ3v) is 2.57. The van der Waals surface area contributed by atoms with Gasteiger partial charge in [-0.3, -0.25) is 4.79 Å². The van der Waals surface area contributed by atoms with E-state index in [2.05, 4.69) is 5.32 Å². The Kier molecular flexibility index (Phi) is 3.40. The molecule has 0 saturated heterocycles. The highest BCUT2D eigenvalue weighted by atomic mass is 16.3. The number of carbonyl (C=O) groups excluding carboxylic acids is 1. The van der Waals surface area contributed by atoms with Crippen molar-refractivity contribution in [1.82, 2.24) is 5.32 Å². The van der Waals surface area contributed by atoms with Crippen molar-refractivity contribution >= 4 is 5.78 Å². The van der Waals surface area contributed by atoms with Crippen molar-refractivity contribution in [3.05, 3.63) is 47.7 Å². The van der Waals surface area contributed by atoms with Crippen molar-refractivity contribution in [2.45, 2.75) is 13.5 Å². The Hall–Kier alpha value is -1.87. The molecule has 0 aliphatic heterocycles. The smallest absolute Gasteiger partial charge is 0.194 e. The lowest BCUT2D eigenvalue weighted by Gasteiger charge is -2.01. The van der Waals surface area contributed by atoms with Gasteiger partial charge in [0, 0.05) is 19.0 Å². The fourth-order valence-electron chi connectivity index (χ4n) is 1.67. The summed E-state index contributed by atoms with van der Waals surface area (Å²) >= 11 is 0. The van der Waals surface area contributed by atoms with Gasteiger partial charge in [0.25, 0.3) is 0 Å². The molecule has 88 valence electrons. The third-order valence-electron chi connectivity index (χ3n) is 2.57. The van der Waals surface area contributed by atoms with Crippen LogP contribution >= 0.6 is 0 Å². The molecule has 0 radical (unpaired) electrons. The van der Waals surface area contributed by atoms with E-state index >= 15 is 0 Å². The molecule has 0 aliphatic rings. The highest BCUT2D eigenvalue weighted by molar-refractivity contribution is 5.91. The number of benzene rings is 1. The molecule has 17 heavy (non-hydrogen) atoms. The normalized spacial score (nSPS) is 10.5. The molecule has 0 amide bonds. The van der Waals surface area contributed by atoms with E-state index in [0.717, 1.165) is 17.9 Å².